The first-order valence-electron chi connectivity index (χ1n) is 7.27. The highest BCUT2D eigenvalue weighted by molar-refractivity contribution is 7.95. The normalized spacial score (nSPS) is 27.4. The molecule has 0 bridgehead atoms. The van der Waals surface area contributed by atoms with Gasteiger partial charge in [0.05, 0.1) is 16.8 Å². The predicted molar refractivity (Wildman–Crippen MR) is 78.9 cm³/mol. The van der Waals surface area contributed by atoms with Gasteiger partial charge >= 0.3 is 0 Å². The van der Waals surface area contributed by atoms with Crippen molar-refractivity contribution in [3.05, 3.63) is 0 Å². The lowest BCUT2D eigenvalue weighted by molar-refractivity contribution is 0.298. The fourth-order valence-corrected chi connectivity index (χ4v) is 7.47. The highest BCUT2D eigenvalue weighted by atomic mass is 32.2. The van der Waals surface area contributed by atoms with E-state index in [0.717, 1.165) is 19.6 Å². The van der Waals surface area contributed by atoms with Crippen LogP contribution < -0.4 is 0 Å². The molecule has 8 heteroatoms. The maximum absolute atomic E-state index is 12.5. The van der Waals surface area contributed by atoms with E-state index in [1.807, 2.05) is 6.92 Å². The number of likely N-dealkylation sites (N-methyl/N-ethyl adjacent to an activating group) is 1. The molecule has 0 saturated carbocycles. The molecule has 118 valence electrons. The molecule has 0 aromatic rings. The average molecular weight is 324 g/mol. The highest BCUT2D eigenvalue weighted by Crippen LogP contribution is 2.22. The molecule has 2 rings (SSSR count). The molecule has 0 aliphatic carbocycles. The van der Waals surface area contributed by atoms with Crippen LogP contribution >= 0.6 is 0 Å². The summed E-state index contributed by atoms with van der Waals surface area (Å²) in [6, 6.07) is 0. The number of sulfonamides is 1. The minimum atomic E-state index is -3.49. The molecular formula is C12H24N2O4S2. The van der Waals surface area contributed by atoms with Crippen LogP contribution in [-0.4, -0.2) is 75.5 Å². The van der Waals surface area contributed by atoms with Crippen LogP contribution in [0.3, 0.4) is 0 Å². The zero-order chi connectivity index (χ0) is 14.8. The molecule has 0 aromatic carbocycles. The van der Waals surface area contributed by atoms with Crippen LogP contribution in [0.1, 0.15) is 26.2 Å². The molecule has 2 heterocycles. The number of likely N-dealkylation sites (tertiary alicyclic amines) is 1. The SMILES string of the molecule is CCN(CCN1CCCC1)S(=O)(=O)C1CCS(=O)(=O)C1. The summed E-state index contributed by atoms with van der Waals surface area (Å²) in [5.41, 5.74) is 0. The number of sulfone groups is 1. The van der Waals surface area contributed by atoms with Gasteiger partial charge in [-0.1, -0.05) is 6.92 Å². The van der Waals surface area contributed by atoms with Crippen molar-refractivity contribution in [3.63, 3.8) is 0 Å². The summed E-state index contributed by atoms with van der Waals surface area (Å²) in [5, 5.41) is -0.744. The van der Waals surface area contributed by atoms with Gasteiger partial charge in [0.15, 0.2) is 9.84 Å². The lowest BCUT2D eigenvalue weighted by Gasteiger charge is -2.26. The molecule has 2 saturated heterocycles. The molecule has 0 amide bonds. The van der Waals surface area contributed by atoms with E-state index in [9.17, 15) is 16.8 Å². The number of hydrogen-bond donors (Lipinski definition) is 0. The van der Waals surface area contributed by atoms with Gasteiger partial charge in [-0.05, 0) is 32.4 Å². The number of nitrogens with zero attached hydrogens (tertiary/aromatic N) is 2. The van der Waals surface area contributed by atoms with Gasteiger partial charge in [-0.3, -0.25) is 0 Å². The van der Waals surface area contributed by atoms with E-state index in [1.54, 1.807) is 0 Å². The Balaban J connectivity index is 1.98. The third-order valence-corrected chi connectivity index (χ3v) is 8.57. The van der Waals surface area contributed by atoms with Crippen molar-refractivity contribution < 1.29 is 16.8 Å². The summed E-state index contributed by atoms with van der Waals surface area (Å²) in [6.07, 6.45) is 2.60. The van der Waals surface area contributed by atoms with Crippen molar-refractivity contribution in [2.45, 2.75) is 31.4 Å². The monoisotopic (exact) mass is 324 g/mol. The molecule has 1 atom stereocenters. The summed E-state index contributed by atoms with van der Waals surface area (Å²) in [4.78, 5) is 2.27. The predicted octanol–water partition coefficient (Wildman–Crippen LogP) is -0.0790. The van der Waals surface area contributed by atoms with E-state index >= 15 is 0 Å². The van der Waals surface area contributed by atoms with E-state index in [1.165, 1.54) is 17.1 Å². The van der Waals surface area contributed by atoms with Crippen molar-refractivity contribution in [2.24, 2.45) is 0 Å². The van der Waals surface area contributed by atoms with Gasteiger partial charge in [0.1, 0.15) is 0 Å². The van der Waals surface area contributed by atoms with Crippen molar-refractivity contribution in [2.75, 3.05) is 44.2 Å². The number of hydrogen-bond acceptors (Lipinski definition) is 5. The average Bonchev–Trinajstić information content (AvgIpc) is 2.99. The van der Waals surface area contributed by atoms with Gasteiger partial charge in [-0.2, -0.15) is 0 Å². The maximum atomic E-state index is 12.5. The quantitative estimate of drug-likeness (QED) is 0.683. The van der Waals surface area contributed by atoms with Crippen LogP contribution in [0.25, 0.3) is 0 Å². The molecule has 0 N–H and O–H groups in total. The first-order valence-corrected chi connectivity index (χ1v) is 10.6. The molecule has 0 aromatic heterocycles. The Labute approximate surface area is 122 Å². The van der Waals surface area contributed by atoms with E-state index in [0.29, 0.717) is 13.1 Å². The van der Waals surface area contributed by atoms with Crippen LogP contribution in [-0.2, 0) is 19.9 Å². The van der Waals surface area contributed by atoms with E-state index in [4.69, 9.17) is 0 Å². The Kier molecular flexibility index (Phi) is 5.09. The Morgan fingerprint density at radius 1 is 1.25 bits per heavy atom. The number of rotatable bonds is 6. The standard InChI is InChI=1S/C12H24N2O4S2/c1-2-14(9-8-13-6-3-4-7-13)20(17,18)12-5-10-19(15,16)11-12/h12H,2-11H2,1H3. The Hall–Kier alpha value is -0.180. The van der Waals surface area contributed by atoms with Crippen LogP contribution in [0, 0.1) is 0 Å². The van der Waals surface area contributed by atoms with E-state index in [2.05, 4.69) is 4.90 Å². The Morgan fingerprint density at radius 2 is 1.90 bits per heavy atom. The summed E-state index contributed by atoms with van der Waals surface area (Å²) in [5.74, 6) is -0.212. The zero-order valence-electron chi connectivity index (χ0n) is 12.0. The Morgan fingerprint density at radius 3 is 2.40 bits per heavy atom. The smallest absolute Gasteiger partial charge is 0.218 e. The summed E-state index contributed by atoms with van der Waals surface area (Å²) in [6.45, 7) is 5.50. The third-order valence-electron chi connectivity index (χ3n) is 4.19. The zero-order valence-corrected chi connectivity index (χ0v) is 13.6. The van der Waals surface area contributed by atoms with Gasteiger partial charge in [0.2, 0.25) is 10.0 Å². The van der Waals surface area contributed by atoms with Gasteiger partial charge in [-0.15, -0.1) is 0 Å². The van der Waals surface area contributed by atoms with Crippen LogP contribution in [0.15, 0.2) is 0 Å². The van der Waals surface area contributed by atoms with Crippen molar-refractivity contribution in [3.8, 4) is 0 Å². The van der Waals surface area contributed by atoms with Gasteiger partial charge in [0, 0.05) is 19.6 Å². The van der Waals surface area contributed by atoms with Crippen LogP contribution in [0.5, 0.6) is 0 Å². The fourth-order valence-electron chi connectivity index (χ4n) is 2.93. The lowest BCUT2D eigenvalue weighted by Crippen LogP contribution is -2.43. The summed E-state index contributed by atoms with van der Waals surface area (Å²) < 4.78 is 49.4. The second-order valence-corrected chi connectivity index (χ2v) is 10.1. The molecular weight excluding hydrogens is 300 g/mol. The molecule has 2 aliphatic rings. The van der Waals surface area contributed by atoms with Gasteiger partial charge in [0.25, 0.3) is 0 Å². The molecule has 0 radical (unpaired) electrons. The van der Waals surface area contributed by atoms with E-state index in [-0.39, 0.29) is 17.9 Å². The van der Waals surface area contributed by atoms with Crippen LogP contribution in [0.2, 0.25) is 0 Å². The molecule has 6 nitrogen and oxygen atoms in total. The minimum absolute atomic E-state index is 0.000571. The summed E-state index contributed by atoms with van der Waals surface area (Å²) in [7, 11) is -6.65. The van der Waals surface area contributed by atoms with Gasteiger partial charge < -0.3 is 4.90 Å². The Bertz CT molecular complexity index is 524. The molecule has 2 fully saturated rings. The summed E-state index contributed by atoms with van der Waals surface area (Å²) >= 11 is 0. The van der Waals surface area contributed by atoms with Crippen molar-refractivity contribution >= 4 is 19.9 Å². The highest BCUT2D eigenvalue weighted by Gasteiger charge is 2.39. The van der Waals surface area contributed by atoms with Crippen LogP contribution in [0.4, 0.5) is 0 Å². The first-order chi connectivity index (χ1) is 9.35. The molecule has 1 unspecified atom stereocenters. The fraction of sp³-hybridized carbons (Fsp3) is 1.00. The maximum Gasteiger partial charge on any atom is 0.218 e. The molecule has 2 aliphatic heterocycles. The first kappa shape index (κ1) is 16.2. The minimum Gasteiger partial charge on any atom is -0.302 e. The van der Waals surface area contributed by atoms with E-state index < -0.39 is 25.1 Å². The van der Waals surface area contributed by atoms with Crippen molar-refractivity contribution in [1.29, 1.82) is 0 Å². The third kappa shape index (κ3) is 3.72. The topological polar surface area (TPSA) is 74.8 Å². The molecule has 0 spiro atoms. The van der Waals surface area contributed by atoms with Gasteiger partial charge in [-0.25, -0.2) is 21.1 Å². The lowest BCUT2D eigenvalue weighted by atomic mass is 10.4. The second-order valence-electron chi connectivity index (χ2n) is 5.61. The van der Waals surface area contributed by atoms with Crippen molar-refractivity contribution in [1.82, 2.24) is 9.21 Å². The second kappa shape index (κ2) is 6.29. The largest absolute Gasteiger partial charge is 0.302 e. The molecule has 20 heavy (non-hydrogen) atoms.